The molecule has 0 unspecified atom stereocenters. The Bertz CT molecular complexity index is 500. The highest BCUT2D eigenvalue weighted by atomic mass is 16.7. The summed E-state index contributed by atoms with van der Waals surface area (Å²) in [5.41, 5.74) is -1.07. The van der Waals surface area contributed by atoms with Crippen LogP contribution in [0.1, 0.15) is 74.1 Å². The predicted octanol–water partition coefficient (Wildman–Crippen LogP) is 3.92. The maximum Gasteiger partial charge on any atom is 0.464 e. The molecule has 3 rings (SSSR count). The number of carbonyl (C=O) groups excluding carboxylic acids is 1. The predicted molar refractivity (Wildman–Crippen MR) is 93.9 cm³/mol. The van der Waals surface area contributed by atoms with Gasteiger partial charge in [0.15, 0.2) is 0 Å². The fourth-order valence-electron chi connectivity index (χ4n) is 3.89. The SMILES string of the molecule is CC(C)(C)OC(=O)NC1CC(B2OC(C)(C)C(C)(C)O2)(C2CC2)C1. The molecule has 3 fully saturated rings. The highest BCUT2D eigenvalue weighted by Gasteiger charge is 2.67. The zero-order valence-corrected chi connectivity index (χ0v) is 16.2. The van der Waals surface area contributed by atoms with Crippen LogP contribution < -0.4 is 5.32 Å². The van der Waals surface area contributed by atoms with Gasteiger partial charge in [0.2, 0.25) is 0 Å². The molecule has 3 aliphatic rings. The third-order valence-electron chi connectivity index (χ3n) is 6.09. The van der Waals surface area contributed by atoms with E-state index in [-0.39, 0.29) is 35.8 Å². The van der Waals surface area contributed by atoms with Crippen molar-refractivity contribution in [3.05, 3.63) is 0 Å². The second-order valence-corrected chi connectivity index (χ2v) is 9.85. The van der Waals surface area contributed by atoms with Crippen LogP contribution in [0.2, 0.25) is 5.31 Å². The van der Waals surface area contributed by atoms with E-state index in [0.29, 0.717) is 5.92 Å². The summed E-state index contributed by atoms with van der Waals surface area (Å²) in [4.78, 5) is 12.0. The van der Waals surface area contributed by atoms with Crippen LogP contribution in [0, 0.1) is 5.92 Å². The molecule has 0 aromatic rings. The largest absolute Gasteiger partial charge is 0.464 e. The number of hydrogen-bond acceptors (Lipinski definition) is 4. The standard InChI is InChI=1S/C18H32BNO4/c1-15(2,3)22-14(21)20-13-10-18(11-13,12-8-9-12)19-23-16(4,5)17(6,7)24-19/h12-13H,8-11H2,1-7H3,(H,20,21). The summed E-state index contributed by atoms with van der Waals surface area (Å²) in [6, 6.07) is 0.152. The van der Waals surface area contributed by atoms with Gasteiger partial charge in [0.1, 0.15) is 5.60 Å². The Hall–Kier alpha value is -0.745. The summed E-state index contributed by atoms with van der Waals surface area (Å²) in [5.74, 6) is 0.656. The van der Waals surface area contributed by atoms with Gasteiger partial charge in [0.05, 0.1) is 11.2 Å². The van der Waals surface area contributed by atoms with Crippen LogP contribution in [-0.4, -0.2) is 36.1 Å². The third kappa shape index (κ3) is 3.19. The van der Waals surface area contributed by atoms with Crippen LogP contribution in [0.15, 0.2) is 0 Å². The Morgan fingerprint density at radius 1 is 1.08 bits per heavy atom. The van der Waals surface area contributed by atoms with Crippen molar-refractivity contribution in [2.24, 2.45) is 5.92 Å². The average molecular weight is 337 g/mol. The molecule has 1 saturated heterocycles. The maximum atomic E-state index is 12.0. The van der Waals surface area contributed by atoms with Gasteiger partial charge in [-0.25, -0.2) is 4.79 Å². The summed E-state index contributed by atoms with van der Waals surface area (Å²) >= 11 is 0. The molecule has 0 aromatic heterocycles. The summed E-state index contributed by atoms with van der Waals surface area (Å²) in [6.07, 6.45) is 3.97. The van der Waals surface area contributed by atoms with Gasteiger partial charge in [0, 0.05) is 11.4 Å². The molecule has 0 bridgehead atoms. The number of amides is 1. The summed E-state index contributed by atoms with van der Waals surface area (Å²) < 4.78 is 18.0. The van der Waals surface area contributed by atoms with Crippen molar-refractivity contribution in [1.29, 1.82) is 0 Å². The summed E-state index contributed by atoms with van der Waals surface area (Å²) in [5, 5.41) is 3.05. The molecule has 1 aliphatic heterocycles. The van der Waals surface area contributed by atoms with E-state index in [1.54, 1.807) is 0 Å². The van der Waals surface area contributed by atoms with Crippen LogP contribution >= 0.6 is 0 Å². The van der Waals surface area contributed by atoms with Gasteiger partial charge in [-0.1, -0.05) is 12.8 Å². The molecule has 5 nitrogen and oxygen atoms in total. The molecule has 0 radical (unpaired) electrons. The molecule has 2 aliphatic carbocycles. The fourth-order valence-corrected chi connectivity index (χ4v) is 3.89. The second kappa shape index (κ2) is 5.37. The highest BCUT2D eigenvalue weighted by Crippen LogP contribution is 2.66. The zero-order valence-electron chi connectivity index (χ0n) is 16.2. The molecule has 2 saturated carbocycles. The van der Waals surface area contributed by atoms with Crippen molar-refractivity contribution in [3.8, 4) is 0 Å². The van der Waals surface area contributed by atoms with E-state index in [9.17, 15) is 4.79 Å². The number of ether oxygens (including phenoxy) is 1. The van der Waals surface area contributed by atoms with Crippen LogP contribution in [-0.2, 0) is 14.0 Å². The fraction of sp³-hybridized carbons (Fsp3) is 0.944. The lowest BCUT2D eigenvalue weighted by Crippen LogP contribution is -2.55. The van der Waals surface area contributed by atoms with E-state index in [1.165, 1.54) is 12.8 Å². The lowest BCUT2D eigenvalue weighted by molar-refractivity contribution is 0.00578. The highest BCUT2D eigenvalue weighted by molar-refractivity contribution is 6.50. The van der Waals surface area contributed by atoms with Crippen molar-refractivity contribution in [2.75, 3.05) is 0 Å². The van der Waals surface area contributed by atoms with Gasteiger partial charge < -0.3 is 19.4 Å². The van der Waals surface area contributed by atoms with E-state index in [4.69, 9.17) is 14.0 Å². The molecule has 136 valence electrons. The smallest absolute Gasteiger partial charge is 0.444 e. The molecule has 1 N–H and O–H groups in total. The Morgan fingerprint density at radius 3 is 2.00 bits per heavy atom. The zero-order chi connectivity index (χ0) is 18.0. The first-order valence-corrected chi connectivity index (χ1v) is 9.20. The minimum absolute atomic E-state index is 0.0463. The van der Waals surface area contributed by atoms with Crippen LogP contribution in [0.4, 0.5) is 4.79 Å². The molecule has 1 heterocycles. The summed E-state index contributed by atoms with van der Waals surface area (Å²) in [6.45, 7) is 14.0. The number of carbonyl (C=O) groups is 1. The van der Waals surface area contributed by atoms with Crippen molar-refractivity contribution in [3.63, 3.8) is 0 Å². The lowest BCUT2D eigenvalue weighted by Gasteiger charge is -2.49. The van der Waals surface area contributed by atoms with Gasteiger partial charge in [-0.15, -0.1) is 0 Å². The van der Waals surface area contributed by atoms with Crippen LogP contribution in [0.5, 0.6) is 0 Å². The molecule has 24 heavy (non-hydrogen) atoms. The summed E-state index contributed by atoms with van der Waals surface area (Å²) in [7, 11) is -0.174. The molecule has 6 heteroatoms. The minimum atomic E-state index is -0.465. The third-order valence-corrected chi connectivity index (χ3v) is 6.09. The molecule has 0 spiro atoms. The Labute approximate surface area is 146 Å². The number of hydrogen-bond donors (Lipinski definition) is 1. The van der Waals surface area contributed by atoms with E-state index < -0.39 is 5.60 Å². The van der Waals surface area contributed by atoms with Gasteiger partial charge in [-0.3, -0.25) is 0 Å². The Balaban J connectivity index is 1.62. The van der Waals surface area contributed by atoms with Gasteiger partial charge in [-0.2, -0.15) is 0 Å². The number of rotatable bonds is 3. The van der Waals surface area contributed by atoms with E-state index >= 15 is 0 Å². The number of alkyl carbamates (subject to hydrolysis) is 1. The monoisotopic (exact) mass is 337 g/mol. The molecule has 0 aromatic carbocycles. The van der Waals surface area contributed by atoms with Gasteiger partial charge in [0.25, 0.3) is 0 Å². The van der Waals surface area contributed by atoms with Crippen LogP contribution in [0.3, 0.4) is 0 Å². The molecule has 1 amide bonds. The molecular formula is C18H32BNO4. The normalized spacial score (nSPS) is 34.6. The van der Waals surface area contributed by atoms with Crippen molar-refractivity contribution in [1.82, 2.24) is 5.32 Å². The molecule has 0 atom stereocenters. The van der Waals surface area contributed by atoms with Crippen molar-refractivity contribution >= 4 is 13.2 Å². The lowest BCUT2D eigenvalue weighted by atomic mass is 9.43. The Morgan fingerprint density at radius 2 is 1.58 bits per heavy atom. The van der Waals surface area contributed by atoms with Crippen LogP contribution in [0.25, 0.3) is 0 Å². The second-order valence-electron chi connectivity index (χ2n) is 9.85. The quantitative estimate of drug-likeness (QED) is 0.793. The van der Waals surface area contributed by atoms with Crippen molar-refractivity contribution in [2.45, 2.75) is 102 Å². The van der Waals surface area contributed by atoms with Gasteiger partial charge in [-0.05, 0) is 67.2 Å². The molecular weight excluding hydrogens is 305 g/mol. The first kappa shape index (κ1) is 18.1. The average Bonchev–Trinajstić information content (AvgIpc) is 3.09. The Kier molecular flexibility index (Phi) is 4.04. The minimum Gasteiger partial charge on any atom is -0.444 e. The van der Waals surface area contributed by atoms with E-state index in [1.807, 2.05) is 20.8 Å². The van der Waals surface area contributed by atoms with E-state index in [2.05, 4.69) is 33.0 Å². The van der Waals surface area contributed by atoms with Crippen molar-refractivity contribution < 1.29 is 18.8 Å². The van der Waals surface area contributed by atoms with E-state index in [0.717, 1.165) is 12.8 Å². The topological polar surface area (TPSA) is 56.8 Å². The first-order chi connectivity index (χ1) is 10.8. The first-order valence-electron chi connectivity index (χ1n) is 9.20. The maximum absolute atomic E-state index is 12.0. The van der Waals surface area contributed by atoms with Gasteiger partial charge >= 0.3 is 13.2 Å². The number of nitrogens with one attached hydrogen (secondary N) is 1.